The molecule has 0 radical (unpaired) electrons. The van der Waals surface area contributed by atoms with E-state index in [1.165, 1.54) is 0 Å². The van der Waals surface area contributed by atoms with Crippen molar-refractivity contribution in [2.45, 2.75) is 31.8 Å². The van der Waals surface area contributed by atoms with Crippen LogP contribution in [0.3, 0.4) is 0 Å². The highest BCUT2D eigenvalue weighted by molar-refractivity contribution is 9.10. The fraction of sp³-hybridized carbons (Fsp3) is 0.368. The first-order valence-corrected chi connectivity index (χ1v) is 9.41. The number of halogens is 1. The van der Waals surface area contributed by atoms with E-state index in [1.807, 2.05) is 18.2 Å². The third-order valence-electron chi connectivity index (χ3n) is 4.26. The Bertz CT molecular complexity index is 752. The molecule has 1 saturated heterocycles. The standard InChI is InChI=1S/C19H20BrN3O3/c20-15-11-21-19(22-12-15)26-16-7-4-10-23(13-16)18(25)9-8-17(24)14-5-2-1-3-6-14/h1-3,5-6,11-12,16H,4,7-10,13H2. The van der Waals surface area contributed by atoms with Gasteiger partial charge >= 0.3 is 6.01 Å². The zero-order valence-corrected chi connectivity index (χ0v) is 15.9. The second-order valence-corrected chi connectivity index (χ2v) is 7.11. The number of amides is 1. The van der Waals surface area contributed by atoms with Crippen molar-refractivity contribution in [2.24, 2.45) is 0 Å². The lowest BCUT2D eigenvalue weighted by molar-refractivity contribution is -0.133. The van der Waals surface area contributed by atoms with Crippen molar-refractivity contribution in [3.8, 4) is 6.01 Å². The summed E-state index contributed by atoms with van der Waals surface area (Å²) >= 11 is 3.28. The number of nitrogens with zero attached hydrogens (tertiary/aromatic N) is 3. The monoisotopic (exact) mass is 417 g/mol. The second kappa shape index (κ2) is 8.89. The average molecular weight is 418 g/mol. The van der Waals surface area contributed by atoms with Gasteiger partial charge in [0.05, 0.1) is 11.0 Å². The highest BCUT2D eigenvalue weighted by atomic mass is 79.9. The number of aromatic nitrogens is 2. The minimum absolute atomic E-state index is 0.00739. The van der Waals surface area contributed by atoms with Crippen molar-refractivity contribution in [1.29, 1.82) is 0 Å². The Kier molecular flexibility index (Phi) is 6.33. The van der Waals surface area contributed by atoms with E-state index in [4.69, 9.17) is 4.74 Å². The van der Waals surface area contributed by atoms with Gasteiger partial charge in [-0.3, -0.25) is 9.59 Å². The largest absolute Gasteiger partial charge is 0.458 e. The van der Waals surface area contributed by atoms with Gasteiger partial charge in [-0.2, -0.15) is 0 Å². The van der Waals surface area contributed by atoms with Crippen LogP contribution < -0.4 is 4.74 Å². The number of ketones is 1. The summed E-state index contributed by atoms with van der Waals surface area (Å²) in [7, 11) is 0. The molecule has 7 heteroatoms. The lowest BCUT2D eigenvalue weighted by Gasteiger charge is -2.32. The number of piperidine rings is 1. The number of ether oxygens (including phenoxy) is 1. The van der Waals surface area contributed by atoms with Crippen LogP contribution in [0.2, 0.25) is 0 Å². The van der Waals surface area contributed by atoms with E-state index in [2.05, 4.69) is 25.9 Å². The first kappa shape index (κ1) is 18.5. The Morgan fingerprint density at radius 1 is 1.15 bits per heavy atom. The molecule has 1 aromatic heterocycles. The van der Waals surface area contributed by atoms with Gasteiger partial charge < -0.3 is 9.64 Å². The Hall–Kier alpha value is -2.28. The molecule has 1 aromatic carbocycles. The lowest BCUT2D eigenvalue weighted by Crippen LogP contribution is -2.44. The highest BCUT2D eigenvalue weighted by Crippen LogP contribution is 2.17. The zero-order valence-electron chi connectivity index (χ0n) is 14.3. The molecule has 2 aromatic rings. The summed E-state index contributed by atoms with van der Waals surface area (Å²) in [6.07, 6.45) is 5.28. The van der Waals surface area contributed by atoms with E-state index < -0.39 is 0 Å². The second-order valence-electron chi connectivity index (χ2n) is 6.19. The fourth-order valence-corrected chi connectivity index (χ4v) is 3.12. The van der Waals surface area contributed by atoms with Gasteiger partial charge in [0.25, 0.3) is 0 Å². The third-order valence-corrected chi connectivity index (χ3v) is 4.67. The van der Waals surface area contributed by atoms with Crippen LogP contribution in [0.25, 0.3) is 0 Å². The van der Waals surface area contributed by atoms with E-state index in [9.17, 15) is 9.59 Å². The van der Waals surface area contributed by atoms with Crippen molar-refractivity contribution in [3.63, 3.8) is 0 Å². The lowest BCUT2D eigenvalue weighted by atomic mass is 10.0. The van der Waals surface area contributed by atoms with E-state index in [0.717, 1.165) is 17.3 Å². The Balaban J connectivity index is 1.49. The molecule has 0 aliphatic carbocycles. The summed E-state index contributed by atoms with van der Waals surface area (Å²) < 4.78 is 6.57. The highest BCUT2D eigenvalue weighted by Gasteiger charge is 2.25. The molecule has 1 amide bonds. The Morgan fingerprint density at radius 3 is 2.62 bits per heavy atom. The molecular formula is C19H20BrN3O3. The molecule has 1 fully saturated rings. The maximum atomic E-state index is 12.5. The van der Waals surface area contributed by atoms with Crippen LogP contribution in [-0.4, -0.2) is 45.8 Å². The quantitative estimate of drug-likeness (QED) is 0.674. The van der Waals surface area contributed by atoms with Gasteiger partial charge in [-0.15, -0.1) is 0 Å². The van der Waals surface area contributed by atoms with Gasteiger partial charge in [0.2, 0.25) is 5.91 Å². The predicted octanol–water partition coefficient (Wildman–Crippen LogP) is 3.27. The van der Waals surface area contributed by atoms with Gasteiger partial charge in [0.1, 0.15) is 6.10 Å². The smallest absolute Gasteiger partial charge is 0.316 e. The molecule has 26 heavy (non-hydrogen) atoms. The summed E-state index contributed by atoms with van der Waals surface area (Å²) in [6.45, 7) is 1.19. The summed E-state index contributed by atoms with van der Waals surface area (Å²) in [5.74, 6) is -0.0219. The summed E-state index contributed by atoms with van der Waals surface area (Å²) in [6, 6.07) is 9.38. The molecule has 1 aliphatic heterocycles. The van der Waals surface area contributed by atoms with Crippen LogP contribution in [0, 0.1) is 0 Å². The molecule has 2 heterocycles. The van der Waals surface area contributed by atoms with Gasteiger partial charge in [-0.05, 0) is 28.8 Å². The fourth-order valence-electron chi connectivity index (χ4n) is 2.92. The average Bonchev–Trinajstić information content (AvgIpc) is 2.68. The summed E-state index contributed by atoms with van der Waals surface area (Å²) in [4.78, 5) is 34.6. The van der Waals surface area contributed by atoms with Crippen molar-refractivity contribution < 1.29 is 14.3 Å². The molecule has 0 saturated carbocycles. The van der Waals surface area contributed by atoms with E-state index >= 15 is 0 Å². The summed E-state index contributed by atoms with van der Waals surface area (Å²) in [5.41, 5.74) is 0.646. The van der Waals surface area contributed by atoms with E-state index in [-0.39, 0.29) is 30.6 Å². The van der Waals surface area contributed by atoms with E-state index in [1.54, 1.807) is 29.4 Å². The molecule has 3 rings (SSSR count). The van der Waals surface area contributed by atoms with Crippen molar-refractivity contribution in [3.05, 3.63) is 52.8 Å². The van der Waals surface area contributed by atoms with Crippen LogP contribution in [0.4, 0.5) is 0 Å². The molecule has 0 bridgehead atoms. The zero-order chi connectivity index (χ0) is 18.4. The molecule has 0 spiro atoms. The number of carbonyl (C=O) groups is 2. The number of rotatable bonds is 6. The van der Waals surface area contributed by atoms with Crippen molar-refractivity contribution in [2.75, 3.05) is 13.1 Å². The number of Topliss-reactive ketones (excluding diaryl/α,β-unsaturated/α-hetero) is 1. The first-order valence-electron chi connectivity index (χ1n) is 8.62. The Morgan fingerprint density at radius 2 is 1.88 bits per heavy atom. The molecule has 6 nitrogen and oxygen atoms in total. The minimum atomic E-state index is -0.126. The number of hydrogen-bond acceptors (Lipinski definition) is 5. The first-order chi connectivity index (χ1) is 12.6. The molecule has 136 valence electrons. The van der Waals surface area contributed by atoms with Crippen LogP contribution in [0.1, 0.15) is 36.0 Å². The molecular weight excluding hydrogens is 398 g/mol. The van der Waals surface area contributed by atoms with Gasteiger partial charge in [0.15, 0.2) is 5.78 Å². The Labute approximate surface area is 160 Å². The van der Waals surface area contributed by atoms with Crippen LogP contribution in [0.15, 0.2) is 47.2 Å². The van der Waals surface area contributed by atoms with Crippen LogP contribution >= 0.6 is 15.9 Å². The van der Waals surface area contributed by atoms with Gasteiger partial charge in [-0.25, -0.2) is 9.97 Å². The minimum Gasteiger partial charge on any atom is -0.458 e. The van der Waals surface area contributed by atoms with Gasteiger partial charge in [0, 0.05) is 37.3 Å². The van der Waals surface area contributed by atoms with Gasteiger partial charge in [-0.1, -0.05) is 30.3 Å². The third kappa shape index (κ3) is 5.11. The van der Waals surface area contributed by atoms with E-state index in [0.29, 0.717) is 24.7 Å². The molecule has 1 atom stereocenters. The number of likely N-dealkylation sites (tertiary alicyclic amines) is 1. The maximum Gasteiger partial charge on any atom is 0.316 e. The predicted molar refractivity (Wildman–Crippen MR) is 100.0 cm³/mol. The van der Waals surface area contributed by atoms with Crippen LogP contribution in [0.5, 0.6) is 6.01 Å². The number of carbonyl (C=O) groups excluding carboxylic acids is 2. The normalized spacial score (nSPS) is 17.0. The number of hydrogen-bond donors (Lipinski definition) is 0. The molecule has 1 unspecified atom stereocenters. The van der Waals surface area contributed by atoms with Crippen molar-refractivity contribution >= 4 is 27.6 Å². The summed E-state index contributed by atoms with van der Waals surface area (Å²) in [5, 5.41) is 0. The molecule has 0 N–H and O–H groups in total. The molecule has 1 aliphatic rings. The number of benzene rings is 1. The maximum absolute atomic E-state index is 12.5. The van der Waals surface area contributed by atoms with Crippen LogP contribution in [-0.2, 0) is 4.79 Å². The topological polar surface area (TPSA) is 72.4 Å². The van der Waals surface area contributed by atoms with Crippen molar-refractivity contribution in [1.82, 2.24) is 14.9 Å². The SMILES string of the molecule is O=C(CCC(=O)N1CCCC(Oc2ncc(Br)cn2)C1)c1ccccc1.